The lowest BCUT2D eigenvalue weighted by molar-refractivity contribution is -0.126. The molecule has 1 aliphatic carbocycles. The summed E-state index contributed by atoms with van der Waals surface area (Å²) in [4.78, 5) is 12.1. The van der Waals surface area contributed by atoms with E-state index in [1.807, 2.05) is 6.92 Å². The first-order valence-electron chi connectivity index (χ1n) is 6.93. The van der Waals surface area contributed by atoms with E-state index in [1.165, 1.54) is 0 Å². The molecule has 2 N–H and O–H groups in total. The van der Waals surface area contributed by atoms with E-state index in [2.05, 4.69) is 12.2 Å². The number of carbonyl (C=O) groups is 1. The van der Waals surface area contributed by atoms with Crippen molar-refractivity contribution in [2.75, 3.05) is 20.3 Å². The highest BCUT2D eigenvalue weighted by Gasteiger charge is 2.39. The Balaban J connectivity index is 2.39. The molecule has 0 radical (unpaired) electrons. The number of methoxy groups -OCH3 is 1. The minimum Gasteiger partial charge on any atom is -0.396 e. The summed E-state index contributed by atoms with van der Waals surface area (Å²) in [5.41, 5.74) is -0.137. The summed E-state index contributed by atoms with van der Waals surface area (Å²) < 4.78 is 4.99. The second-order valence-electron chi connectivity index (χ2n) is 5.80. The van der Waals surface area contributed by atoms with E-state index in [0.29, 0.717) is 6.61 Å². The lowest BCUT2D eigenvalue weighted by Gasteiger charge is -2.31. The maximum atomic E-state index is 12.1. The number of rotatable bonds is 7. The third-order valence-electron chi connectivity index (χ3n) is 4.19. The zero-order valence-electron chi connectivity index (χ0n) is 11.9. The molecule has 4 nitrogen and oxygen atoms in total. The molecule has 0 saturated heterocycles. The first-order chi connectivity index (χ1) is 8.53. The lowest BCUT2D eigenvalue weighted by Crippen LogP contribution is -2.46. The number of hydrogen-bond donors (Lipinski definition) is 2. The lowest BCUT2D eigenvalue weighted by atomic mass is 9.85. The van der Waals surface area contributed by atoms with Crippen molar-refractivity contribution in [3.05, 3.63) is 0 Å². The number of ether oxygens (including phenoxy) is 1. The Morgan fingerprint density at radius 2 is 2.33 bits per heavy atom. The zero-order chi connectivity index (χ0) is 13.6. The Bertz CT molecular complexity index is 270. The van der Waals surface area contributed by atoms with Crippen LogP contribution in [-0.4, -0.2) is 37.4 Å². The van der Waals surface area contributed by atoms with Crippen LogP contribution in [0, 0.1) is 11.3 Å². The number of nitrogens with one attached hydrogen (secondary N) is 1. The highest BCUT2D eigenvalue weighted by Crippen LogP contribution is 2.37. The average molecular weight is 257 g/mol. The first kappa shape index (κ1) is 15.4. The van der Waals surface area contributed by atoms with Crippen LogP contribution in [0.25, 0.3) is 0 Å². The van der Waals surface area contributed by atoms with Crippen LogP contribution in [0.15, 0.2) is 0 Å². The summed E-state index contributed by atoms with van der Waals surface area (Å²) in [5.74, 6) is 0.126. The van der Waals surface area contributed by atoms with Gasteiger partial charge in [0.05, 0.1) is 6.61 Å². The van der Waals surface area contributed by atoms with Gasteiger partial charge in [-0.3, -0.25) is 4.79 Å². The molecule has 0 spiro atoms. The molecule has 1 amide bonds. The topological polar surface area (TPSA) is 58.6 Å². The van der Waals surface area contributed by atoms with E-state index in [0.717, 1.165) is 32.1 Å². The summed E-state index contributed by atoms with van der Waals surface area (Å²) in [7, 11) is 1.68. The van der Waals surface area contributed by atoms with Crippen molar-refractivity contribution in [1.29, 1.82) is 0 Å². The average Bonchev–Trinajstić information content (AvgIpc) is 2.72. The molecule has 3 atom stereocenters. The molecule has 1 rings (SSSR count). The molecule has 4 heteroatoms. The highest BCUT2D eigenvalue weighted by molar-refractivity contribution is 5.78. The largest absolute Gasteiger partial charge is 0.396 e. The predicted molar refractivity (Wildman–Crippen MR) is 71.2 cm³/mol. The second-order valence-corrected chi connectivity index (χ2v) is 5.80. The van der Waals surface area contributed by atoms with Gasteiger partial charge in [0.15, 0.2) is 0 Å². The molecule has 0 aromatic heterocycles. The number of carbonyl (C=O) groups excluding carboxylic acids is 1. The van der Waals surface area contributed by atoms with Gasteiger partial charge in [-0.05, 0) is 25.7 Å². The molecule has 18 heavy (non-hydrogen) atoms. The minimum absolute atomic E-state index is 0.0173. The van der Waals surface area contributed by atoms with Gasteiger partial charge in [0, 0.05) is 31.1 Å². The maximum Gasteiger partial charge on any atom is 0.223 e. The molecule has 0 bridgehead atoms. The molecule has 1 aliphatic rings. The Morgan fingerprint density at radius 1 is 1.61 bits per heavy atom. The van der Waals surface area contributed by atoms with Crippen LogP contribution in [0.2, 0.25) is 0 Å². The monoisotopic (exact) mass is 257 g/mol. The van der Waals surface area contributed by atoms with Crippen molar-refractivity contribution < 1.29 is 14.6 Å². The third kappa shape index (κ3) is 3.95. The number of aliphatic hydroxyl groups excluding tert-OH is 1. The maximum absolute atomic E-state index is 12.1. The number of hydrogen-bond acceptors (Lipinski definition) is 3. The molecule has 3 unspecified atom stereocenters. The van der Waals surface area contributed by atoms with E-state index >= 15 is 0 Å². The molecule has 106 valence electrons. The molecular formula is C14H27NO3. The summed E-state index contributed by atoms with van der Waals surface area (Å²) in [5, 5.41) is 12.6. The van der Waals surface area contributed by atoms with E-state index in [1.54, 1.807) is 7.11 Å². The third-order valence-corrected chi connectivity index (χ3v) is 4.19. The fraction of sp³-hybridized carbons (Fsp3) is 0.929. The first-order valence-corrected chi connectivity index (χ1v) is 6.93. The van der Waals surface area contributed by atoms with Gasteiger partial charge in [0.2, 0.25) is 5.91 Å². The van der Waals surface area contributed by atoms with E-state index in [-0.39, 0.29) is 29.9 Å². The highest BCUT2D eigenvalue weighted by atomic mass is 16.5. The Labute approximate surface area is 110 Å². The van der Waals surface area contributed by atoms with Crippen LogP contribution < -0.4 is 5.32 Å². The fourth-order valence-corrected chi connectivity index (χ4v) is 2.65. The zero-order valence-corrected chi connectivity index (χ0v) is 11.9. The van der Waals surface area contributed by atoms with Crippen molar-refractivity contribution in [3.63, 3.8) is 0 Å². The van der Waals surface area contributed by atoms with Gasteiger partial charge < -0.3 is 15.2 Å². The van der Waals surface area contributed by atoms with Gasteiger partial charge in [-0.15, -0.1) is 0 Å². The molecule has 0 aromatic rings. The number of aliphatic hydroxyl groups is 1. The van der Waals surface area contributed by atoms with Crippen LogP contribution in [0.5, 0.6) is 0 Å². The fourth-order valence-electron chi connectivity index (χ4n) is 2.65. The quantitative estimate of drug-likeness (QED) is 0.683. The van der Waals surface area contributed by atoms with Crippen LogP contribution >= 0.6 is 0 Å². The van der Waals surface area contributed by atoms with Crippen LogP contribution in [0.1, 0.15) is 46.0 Å². The summed E-state index contributed by atoms with van der Waals surface area (Å²) >= 11 is 0. The molecule has 1 saturated carbocycles. The van der Waals surface area contributed by atoms with Gasteiger partial charge in [0.1, 0.15) is 0 Å². The Morgan fingerprint density at radius 3 is 2.94 bits per heavy atom. The van der Waals surface area contributed by atoms with Gasteiger partial charge in [-0.1, -0.05) is 20.3 Å². The molecule has 0 aliphatic heterocycles. The molecule has 0 heterocycles. The van der Waals surface area contributed by atoms with Gasteiger partial charge in [-0.2, -0.15) is 0 Å². The summed E-state index contributed by atoms with van der Waals surface area (Å²) in [6.45, 7) is 4.86. The number of amides is 1. The van der Waals surface area contributed by atoms with Crippen molar-refractivity contribution in [3.8, 4) is 0 Å². The standard InChI is InChI=1S/C14H27NO3/c1-11(6-5-9-18-3)13(17)15-12-7-4-8-14(12,2)10-16/h11-12,16H,4-10H2,1-3H3,(H,15,17). The van der Waals surface area contributed by atoms with Crippen LogP contribution in [0.4, 0.5) is 0 Å². The van der Waals surface area contributed by atoms with Gasteiger partial charge >= 0.3 is 0 Å². The Kier molecular flexibility index (Phi) is 6.09. The van der Waals surface area contributed by atoms with Crippen molar-refractivity contribution in [2.45, 2.75) is 52.0 Å². The van der Waals surface area contributed by atoms with Crippen molar-refractivity contribution in [1.82, 2.24) is 5.32 Å². The predicted octanol–water partition coefficient (Wildman–Crippen LogP) is 1.72. The van der Waals surface area contributed by atoms with Gasteiger partial charge in [0.25, 0.3) is 0 Å². The smallest absolute Gasteiger partial charge is 0.223 e. The second kappa shape index (κ2) is 7.10. The normalized spacial score (nSPS) is 29.2. The van der Waals surface area contributed by atoms with Crippen molar-refractivity contribution >= 4 is 5.91 Å². The minimum atomic E-state index is -0.137. The van der Waals surface area contributed by atoms with E-state index in [9.17, 15) is 9.90 Å². The Hall–Kier alpha value is -0.610. The van der Waals surface area contributed by atoms with Gasteiger partial charge in [-0.25, -0.2) is 0 Å². The van der Waals surface area contributed by atoms with Crippen LogP contribution in [0.3, 0.4) is 0 Å². The SMILES string of the molecule is COCCCC(C)C(=O)NC1CCCC1(C)CO. The molecule has 1 fully saturated rings. The molecule has 0 aromatic carbocycles. The molecular weight excluding hydrogens is 230 g/mol. The summed E-state index contributed by atoms with van der Waals surface area (Å²) in [6, 6.07) is 0.125. The summed E-state index contributed by atoms with van der Waals surface area (Å²) in [6.07, 6.45) is 4.81. The van der Waals surface area contributed by atoms with Crippen LogP contribution in [-0.2, 0) is 9.53 Å². The van der Waals surface area contributed by atoms with Crippen molar-refractivity contribution in [2.24, 2.45) is 11.3 Å². The van der Waals surface area contributed by atoms with E-state index < -0.39 is 0 Å². The van der Waals surface area contributed by atoms with E-state index in [4.69, 9.17) is 4.74 Å².